The predicted molar refractivity (Wildman–Crippen MR) is 147 cm³/mol. The number of alkyl halides is 1. The van der Waals surface area contributed by atoms with Gasteiger partial charge in [0.15, 0.2) is 12.2 Å². The molecule has 3 aromatic rings. The van der Waals surface area contributed by atoms with Crippen molar-refractivity contribution in [3.63, 3.8) is 0 Å². The smallest absolute Gasteiger partial charge is 0.356 e. The first-order chi connectivity index (χ1) is 19.0. The highest BCUT2D eigenvalue weighted by Gasteiger charge is 2.35. The highest BCUT2D eigenvalue weighted by Crippen LogP contribution is 2.31. The zero-order valence-corrected chi connectivity index (χ0v) is 21.9. The van der Waals surface area contributed by atoms with Crippen molar-refractivity contribution in [1.82, 2.24) is 4.90 Å². The summed E-state index contributed by atoms with van der Waals surface area (Å²) in [6.07, 6.45) is -0.474. The lowest BCUT2D eigenvalue weighted by Crippen LogP contribution is -2.44. The highest BCUT2D eigenvalue weighted by atomic mass is 19.1. The monoisotopic (exact) mass is 529 g/mol. The van der Waals surface area contributed by atoms with E-state index < -0.39 is 30.6 Å². The summed E-state index contributed by atoms with van der Waals surface area (Å²) in [5, 5.41) is 1.63. The molecule has 5 rings (SSSR count). The third-order valence-corrected chi connectivity index (χ3v) is 7.22. The Kier molecular flexibility index (Phi) is 8.32. The Hall–Kier alpha value is -4.04. The van der Waals surface area contributed by atoms with E-state index in [9.17, 15) is 14.0 Å². The van der Waals surface area contributed by atoms with E-state index in [0.29, 0.717) is 17.9 Å². The first-order valence-electron chi connectivity index (χ1n) is 13.3. The van der Waals surface area contributed by atoms with E-state index in [-0.39, 0.29) is 6.04 Å². The Bertz CT molecular complexity index is 1320. The Morgan fingerprint density at radius 2 is 1.74 bits per heavy atom. The summed E-state index contributed by atoms with van der Waals surface area (Å²) < 4.78 is 19.3. The fourth-order valence-corrected chi connectivity index (χ4v) is 5.24. The molecule has 3 aromatic carbocycles. The average Bonchev–Trinajstić information content (AvgIpc) is 3.40. The van der Waals surface area contributed by atoms with E-state index >= 15 is 0 Å². The molecule has 2 heterocycles. The number of anilines is 1. The van der Waals surface area contributed by atoms with E-state index in [1.165, 1.54) is 5.56 Å². The van der Waals surface area contributed by atoms with Gasteiger partial charge >= 0.3 is 11.9 Å². The van der Waals surface area contributed by atoms with E-state index in [1.807, 2.05) is 72.8 Å². The Balaban J connectivity index is 1.50. The summed E-state index contributed by atoms with van der Waals surface area (Å²) >= 11 is 0. The lowest BCUT2D eigenvalue weighted by molar-refractivity contribution is -0.150. The molecule has 0 spiro atoms. The van der Waals surface area contributed by atoms with Crippen LogP contribution in [0.2, 0.25) is 0 Å². The van der Waals surface area contributed by atoms with Crippen molar-refractivity contribution in [2.45, 2.75) is 44.1 Å². The number of hydrogen-bond donors (Lipinski definition) is 0. The molecular weight excluding hydrogens is 497 g/mol. The molecule has 7 nitrogen and oxygen atoms in total. The van der Waals surface area contributed by atoms with Crippen LogP contribution in [-0.2, 0) is 25.7 Å². The van der Waals surface area contributed by atoms with E-state index in [0.717, 1.165) is 44.2 Å². The van der Waals surface area contributed by atoms with Crippen LogP contribution in [0.5, 0.6) is 0 Å². The molecule has 0 bridgehead atoms. The van der Waals surface area contributed by atoms with Gasteiger partial charge in [-0.3, -0.25) is 9.89 Å². The van der Waals surface area contributed by atoms with Crippen LogP contribution in [0.25, 0.3) is 0 Å². The topological polar surface area (TPSA) is 71.4 Å². The standard InChI is InChI=1S/C31H32FN3O4/c1-38-30(36)26(32)19-27-31(37)39-35(21-24-15-10-18-34(24)20-22-11-4-2-5-12-22)28-17-9-8-16-25(28)29(33-27)23-13-6-3-7-14-23/h2-9,11-14,16-17,24,26-27H,10,15,18-21H2,1H3. The van der Waals surface area contributed by atoms with Gasteiger partial charge < -0.3 is 9.57 Å². The maximum absolute atomic E-state index is 14.7. The second kappa shape index (κ2) is 12.2. The molecular formula is C31H32FN3O4. The van der Waals surface area contributed by atoms with Gasteiger partial charge in [0.05, 0.1) is 25.1 Å². The van der Waals surface area contributed by atoms with Crippen LogP contribution in [0.15, 0.2) is 89.9 Å². The quantitative estimate of drug-likeness (QED) is 0.393. The van der Waals surface area contributed by atoms with Gasteiger partial charge in [-0.15, -0.1) is 0 Å². The molecule has 2 aliphatic heterocycles. The van der Waals surface area contributed by atoms with Crippen LogP contribution in [-0.4, -0.2) is 61.0 Å². The Morgan fingerprint density at radius 3 is 2.49 bits per heavy atom. The normalized spacial score (nSPS) is 20.3. The maximum atomic E-state index is 14.7. The summed E-state index contributed by atoms with van der Waals surface area (Å²) in [5.41, 5.74) is 4.03. The van der Waals surface area contributed by atoms with Crippen LogP contribution in [0, 0.1) is 0 Å². The third kappa shape index (κ3) is 6.17. The van der Waals surface area contributed by atoms with Crippen molar-refractivity contribution in [3.05, 3.63) is 102 Å². The molecule has 0 aromatic heterocycles. The molecule has 0 N–H and O–H groups in total. The van der Waals surface area contributed by atoms with Gasteiger partial charge in [0, 0.05) is 30.1 Å². The second-order valence-corrected chi connectivity index (χ2v) is 9.83. The fourth-order valence-electron chi connectivity index (χ4n) is 5.24. The molecule has 0 saturated carbocycles. The lowest BCUT2D eigenvalue weighted by Gasteiger charge is -2.34. The van der Waals surface area contributed by atoms with Gasteiger partial charge in [0.2, 0.25) is 0 Å². The highest BCUT2D eigenvalue weighted by molar-refractivity contribution is 6.16. The minimum absolute atomic E-state index is 0.144. The number of hydroxylamine groups is 1. The number of methoxy groups -OCH3 is 1. The fraction of sp³-hybridized carbons (Fsp3) is 0.323. The van der Waals surface area contributed by atoms with E-state index in [1.54, 1.807) is 5.06 Å². The summed E-state index contributed by atoms with van der Waals surface area (Å²) in [6, 6.07) is 26.3. The molecule has 202 valence electrons. The maximum Gasteiger partial charge on any atom is 0.356 e. The minimum Gasteiger partial charge on any atom is -0.467 e. The number of hydrogen-bond acceptors (Lipinski definition) is 7. The zero-order chi connectivity index (χ0) is 27.2. The number of carbonyl (C=O) groups is 2. The molecule has 0 aliphatic carbocycles. The zero-order valence-electron chi connectivity index (χ0n) is 21.9. The van der Waals surface area contributed by atoms with Crippen molar-refractivity contribution in [1.29, 1.82) is 0 Å². The molecule has 3 unspecified atom stereocenters. The number of benzene rings is 3. The van der Waals surface area contributed by atoms with Crippen LogP contribution in [0.1, 0.15) is 36.0 Å². The van der Waals surface area contributed by atoms with Crippen molar-refractivity contribution < 1.29 is 23.6 Å². The Morgan fingerprint density at radius 1 is 1.05 bits per heavy atom. The summed E-state index contributed by atoms with van der Waals surface area (Å²) in [6.45, 7) is 2.20. The number of halogens is 1. The van der Waals surface area contributed by atoms with Gasteiger partial charge in [-0.25, -0.2) is 19.0 Å². The van der Waals surface area contributed by atoms with Crippen molar-refractivity contribution in [2.24, 2.45) is 4.99 Å². The van der Waals surface area contributed by atoms with Gasteiger partial charge in [0.25, 0.3) is 0 Å². The number of fused-ring (bicyclic) bond motifs is 1. The number of aliphatic imine (C=N–C) groups is 1. The summed E-state index contributed by atoms with van der Waals surface area (Å²) in [7, 11) is 1.12. The number of rotatable bonds is 8. The van der Waals surface area contributed by atoms with Crippen LogP contribution < -0.4 is 5.06 Å². The number of carbonyl (C=O) groups excluding carboxylic acids is 2. The van der Waals surface area contributed by atoms with Crippen LogP contribution in [0.4, 0.5) is 10.1 Å². The second-order valence-electron chi connectivity index (χ2n) is 9.83. The predicted octanol–water partition coefficient (Wildman–Crippen LogP) is 4.74. The van der Waals surface area contributed by atoms with E-state index in [4.69, 9.17) is 4.84 Å². The molecule has 1 saturated heterocycles. The lowest BCUT2D eigenvalue weighted by atomic mass is 9.98. The van der Waals surface area contributed by atoms with Gasteiger partial charge in [0.1, 0.15) is 0 Å². The summed E-state index contributed by atoms with van der Waals surface area (Å²) in [4.78, 5) is 38.3. The summed E-state index contributed by atoms with van der Waals surface area (Å²) in [5.74, 6) is -1.75. The number of likely N-dealkylation sites (tertiary alicyclic amines) is 1. The average molecular weight is 530 g/mol. The Labute approximate surface area is 227 Å². The number of ether oxygens (including phenoxy) is 1. The first kappa shape index (κ1) is 26.6. The largest absolute Gasteiger partial charge is 0.467 e. The van der Waals surface area contributed by atoms with Crippen LogP contribution >= 0.6 is 0 Å². The number of para-hydroxylation sites is 1. The molecule has 1 fully saturated rings. The number of esters is 1. The molecule has 8 heteroatoms. The van der Waals surface area contributed by atoms with Gasteiger partial charge in [-0.2, -0.15) is 0 Å². The van der Waals surface area contributed by atoms with Crippen molar-refractivity contribution >= 4 is 23.3 Å². The van der Waals surface area contributed by atoms with Gasteiger partial charge in [-0.1, -0.05) is 78.9 Å². The molecule has 3 atom stereocenters. The molecule has 0 radical (unpaired) electrons. The van der Waals surface area contributed by atoms with Crippen molar-refractivity contribution in [3.8, 4) is 0 Å². The first-order valence-corrected chi connectivity index (χ1v) is 13.3. The minimum atomic E-state index is -2.01. The molecule has 0 amide bonds. The third-order valence-electron chi connectivity index (χ3n) is 7.22. The van der Waals surface area contributed by atoms with Crippen LogP contribution in [0.3, 0.4) is 0 Å². The number of nitrogens with zero attached hydrogens (tertiary/aromatic N) is 3. The molecule has 2 aliphatic rings. The SMILES string of the molecule is COC(=O)C(F)CC1N=C(c2ccccc2)c2ccccc2N(CC2CCCN2Cc2ccccc2)OC1=O. The van der Waals surface area contributed by atoms with Gasteiger partial charge in [-0.05, 0) is 31.0 Å². The molecule has 39 heavy (non-hydrogen) atoms. The van der Waals surface area contributed by atoms with E-state index in [2.05, 4.69) is 26.8 Å². The van der Waals surface area contributed by atoms with Crippen molar-refractivity contribution in [2.75, 3.05) is 25.3 Å².